The second-order valence-corrected chi connectivity index (χ2v) is 6.35. The zero-order chi connectivity index (χ0) is 24.7. The Hall–Kier alpha value is -3.30. The molecule has 1 aliphatic rings. The highest BCUT2D eigenvalue weighted by atomic mass is 19.4. The maximum Gasteiger partial charge on any atom is 0.430 e. The van der Waals surface area contributed by atoms with Crippen LogP contribution < -0.4 is 15.4 Å². The molecule has 0 unspecified atom stereocenters. The summed E-state index contributed by atoms with van der Waals surface area (Å²) >= 11 is 0. The Morgan fingerprint density at radius 3 is 2.12 bits per heavy atom. The molecule has 1 aromatic heterocycles. The molecule has 15 heteroatoms. The predicted molar refractivity (Wildman–Crippen MR) is 89.6 cm³/mol. The molecule has 0 spiro atoms. The third-order valence-corrected chi connectivity index (χ3v) is 4.07. The first-order valence-corrected chi connectivity index (χ1v) is 8.68. The molecule has 0 bridgehead atoms. The van der Waals surface area contributed by atoms with E-state index in [1.54, 1.807) is 18.2 Å². The van der Waals surface area contributed by atoms with Crippen molar-refractivity contribution in [3.05, 3.63) is 30.6 Å². The van der Waals surface area contributed by atoms with Crippen molar-refractivity contribution in [1.29, 1.82) is 0 Å². The highest BCUT2D eigenvalue weighted by Gasteiger charge is 2.65. The largest absolute Gasteiger partial charge is 0.542 e. The Morgan fingerprint density at radius 1 is 1.16 bits per heavy atom. The van der Waals surface area contributed by atoms with Crippen molar-refractivity contribution < 1.29 is 66.8 Å². The average Bonchev–Trinajstić information content (AvgIpc) is 2.97. The van der Waals surface area contributed by atoms with Crippen LogP contribution in [-0.4, -0.2) is 69.7 Å². The SMILES string of the molecule is NC(=O)[C@@]1(O)[C@@H](O)[C@@H](COC(=O)CCC(=O)O)O[C@H]1[n+]1ccccc1.O=C([O-])C(F)(F)F. The van der Waals surface area contributed by atoms with Crippen LogP contribution in [0.2, 0.25) is 0 Å². The fraction of sp³-hybridized carbons (Fsp3) is 0.471. The number of aliphatic hydroxyl groups is 2. The van der Waals surface area contributed by atoms with Crippen LogP contribution in [0.1, 0.15) is 19.1 Å². The summed E-state index contributed by atoms with van der Waals surface area (Å²) in [6.45, 7) is -0.473. The van der Waals surface area contributed by atoms with Crippen LogP contribution in [0.4, 0.5) is 13.2 Å². The van der Waals surface area contributed by atoms with E-state index in [0.29, 0.717) is 0 Å². The van der Waals surface area contributed by atoms with E-state index >= 15 is 0 Å². The van der Waals surface area contributed by atoms with Crippen molar-refractivity contribution in [1.82, 2.24) is 0 Å². The van der Waals surface area contributed by atoms with Crippen molar-refractivity contribution >= 4 is 23.8 Å². The Kier molecular flexibility index (Phi) is 9.05. The van der Waals surface area contributed by atoms with Crippen molar-refractivity contribution in [2.75, 3.05) is 6.61 Å². The van der Waals surface area contributed by atoms with Crippen molar-refractivity contribution in [3.63, 3.8) is 0 Å². The predicted octanol–water partition coefficient (Wildman–Crippen LogP) is -2.84. The third-order valence-electron chi connectivity index (χ3n) is 4.07. The molecule has 2 heterocycles. The first-order chi connectivity index (χ1) is 14.7. The number of carbonyl (C=O) groups is 4. The molecule has 1 fully saturated rings. The van der Waals surface area contributed by atoms with Crippen LogP contribution in [-0.2, 0) is 28.7 Å². The van der Waals surface area contributed by atoms with Gasteiger partial charge in [0.25, 0.3) is 11.5 Å². The van der Waals surface area contributed by atoms with Gasteiger partial charge < -0.3 is 40.4 Å². The summed E-state index contributed by atoms with van der Waals surface area (Å²) in [6.07, 6.45) is -7.21. The van der Waals surface area contributed by atoms with E-state index in [2.05, 4.69) is 0 Å². The quantitative estimate of drug-likeness (QED) is 0.238. The normalized spacial score (nSPS) is 24.7. The van der Waals surface area contributed by atoms with Crippen LogP contribution in [0.15, 0.2) is 30.6 Å². The molecule has 1 saturated heterocycles. The number of primary amides is 1. The van der Waals surface area contributed by atoms with Crippen molar-refractivity contribution in [3.8, 4) is 0 Å². The van der Waals surface area contributed by atoms with Gasteiger partial charge in [0.1, 0.15) is 24.8 Å². The molecule has 0 aliphatic carbocycles. The summed E-state index contributed by atoms with van der Waals surface area (Å²) in [6, 6.07) is 4.94. The fourth-order valence-electron chi connectivity index (χ4n) is 2.49. The number of aliphatic hydroxyl groups excluding tert-OH is 1. The number of nitrogens with two attached hydrogens (primary N) is 1. The van der Waals surface area contributed by atoms with E-state index in [1.165, 1.54) is 17.0 Å². The first kappa shape index (κ1) is 26.7. The molecular weight excluding hydrogens is 449 g/mol. The summed E-state index contributed by atoms with van der Waals surface area (Å²) in [7, 11) is 0. The Labute approximate surface area is 177 Å². The van der Waals surface area contributed by atoms with Crippen molar-refractivity contribution in [2.24, 2.45) is 5.73 Å². The summed E-state index contributed by atoms with van der Waals surface area (Å²) < 4.78 is 43.2. The molecule has 2 rings (SSSR count). The minimum atomic E-state index is -5.19. The highest BCUT2D eigenvalue weighted by Crippen LogP contribution is 2.35. The number of pyridine rings is 1. The zero-order valence-electron chi connectivity index (χ0n) is 16.1. The lowest BCUT2D eigenvalue weighted by Crippen LogP contribution is -2.62. The molecule has 0 saturated carbocycles. The van der Waals surface area contributed by atoms with Gasteiger partial charge in [-0.15, -0.1) is 0 Å². The number of ether oxygens (including phenoxy) is 2. The van der Waals surface area contributed by atoms with Crippen LogP contribution in [0.3, 0.4) is 0 Å². The van der Waals surface area contributed by atoms with E-state index in [9.17, 15) is 37.8 Å². The molecule has 1 aliphatic heterocycles. The molecule has 32 heavy (non-hydrogen) atoms. The zero-order valence-corrected chi connectivity index (χ0v) is 16.1. The van der Waals surface area contributed by atoms with Gasteiger partial charge in [-0.3, -0.25) is 14.4 Å². The van der Waals surface area contributed by atoms with Gasteiger partial charge in [-0.25, -0.2) is 0 Å². The molecule has 1 aromatic rings. The average molecular weight is 468 g/mol. The number of carbonyl (C=O) groups excluding carboxylic acids is 3. The maximum atomic E-state index is 11.7. The smallest absolute Gasteiger partial charge is 0.430 e. The fourth-order valence-corrected chi connectivity index (χ4v) is 2.49. The number of alkyl halides is 3. The lowest BCUT2D eigenvalue weighted by Gasteiger charge is -2.23. The van der Waals surface area contributed by atoms with Crippen LogP contribution in [0, 0.1) is 0 Å². The first-order valence-electron chi connectivity index (χ1n) is 8.68. The topological polar surface area (TPSA) is 200 Å². The number of hydrogen-bond donors (Lipinski definition) is 4. The molecule has 12 nitrogen and oxygen atoms in total. The number of aliphatic carboxylic acids is 2. The summed E-state index contributed by atoms with van der Waals surface area (Å²) in [5.41, 5.74) is 2.81. The number of aromatic nitrogens is 1. The van der Waals surface area contributed by atoms with Crippen LogP contribution in [0.5, 0.6) is 0 Å². The number of carboxylic acid groups (broad SMARTS) is 2. The van der Waals surface area contributed by atoms with E-state index in [4.69, 9.17) is 30.2 Å². The molecule has 5 N–H and O–H groups in total. The van der Waals surface area contributed by atoms with Gasteiger partial charge >= 0.3 is 24.3 Å². The molecule has 178 valence electrons. The van der Waals surface area contributed by atoms with Gasteiger partial charge in [-0.1, -0.05) is 6.07 Å². The Bertz CT molecular complexity index is 836. The van der Waals surface area contributed by atoms with E-state index in [0.717, 1.165) is 0 Å². The maximum absolute atomic E-state index is 11.7. The number of carboxylic acids is 2. The number of amides is 1. The number of nitrogens with zero attached hydrogens (tertiary/aromatic N) is 1. The van der Waals surface area contributed by atoms with E-state index < -0.39 is 67.1 Å². The van der Waals surface area contributed by atoms with E-state index in [1.807, 2.05) is 0 Å². The summed E-state index contributed by atoms with van der Waals surface area (Å²) in [5.74, 6) is -6.16. The van der Waals surface area contributed by atoms with Crippen molar-refractivity contribution in [2.45, 2.75) is 43.1 Å². The minimum absolute atomic E-state index is 0.352. The lowest BCUT2D eigenvalue weighted by molar-refractivity contribution is -0.769. The molecular formula is C17H19F3N2O10. The minimum Gasteiger partial charge on any atom is -0.542 e. The third kappa shape index (κ3) is 6.86. The summed E-state index contributed by atoms with van der Waals surface area (Å²) in [5, 5.41) is 38.1. The Balaban J connectivity index is 0.000000633. The van der Waals surface area contributed by atoms with Crippen LogP contribution >= 0.6 is 0 Å². The lowest BCUT2D eigenvalue weighted by atomic mass is 9.93. The second kappa shape index (κ2) is 10.8. The van der Waals surface area contributed by atoms with Gasteiger partial charge in [0, 0.05) is 12.1 Å². The number of halogens is 3. The highest BCUT2D eigenvalue weighted by molar-refractivity contribution is 5.84. The van der Waals surface area contributed by atoms with Crippen LogP contribution in [0.25, 0.3) is 0 Å². The molecule has 0 radical (unpaired) electrons. The molecule has 4 atom stereocenters. The standard InChI is InChI=1S/C15H18N2O8.C2HF3O2/c16-13(22)15(23)12(21)9(8-24-11(20)5-4-10(18)19)25-14(15)17-6-2-1-3-7-17;3-2(4,5)1(6)7/h1-3,6-7,9,12,14,21,23H,4-5,8H2,(H2-,16,18,19,22);(H,6,7)/t9-,12+,14-,15+;/m1./s1. The molecule has 1 amide bonds. The number of rotatable bonds is 7. The van der Waals surface area contributed by atoms with Gasteiger partial charge in [-0.2, -0.15) is 17.7 Å². The van der Waals surface area contributed by atoms with Gasteiger partial charge in [0.15, 0.2) is 12.4 Å². The van der Waals surface area contributed by atoms with E-state index in [-0.39, 0.29) is 6.42 Å². The number of hydrogen-bond acceptors (Lipinski definition) is 9. The number of esters is 1. The monoisotopic (exact) mass is 468 g/mol. The van der Waals surface area contributed by atoms with Gasteiger partial charge in [-0.05, 0) is 0 Å². The van der Waals surface area contributed by atoms with Gasteiger partial charge in [0.2, 0.25) is 0 Å². The Morgan fingerprint density at radius 2 is 1.69 bits per heavy atom. The second-order valence-electron chi connectivity index (χ2n) is 6.35. The van der Waals surface area contributed by atoms with Gasteiger partial charge in [0.05, 0.1) is 12.8 Å². The summed E-state index contributed by atoms with van der Waals surface area (Å²) in [4.78, 5) is 42.4. The molecule has 0 aromatic carbocycles.